The average Bonchev–Trinajstić information content (AvgIpc) is 3.17. The Bertz CT molecular complexity index is 767. The quantitative estimate of drug-likeness (QED) is 0.831. The molecule has 3 rings (SSSR count). The molecule has 1 N–H and O–H groups in total. The summed E-state index contributed by atoms with van der Waals surface area (Å²) in [5, 5.41) is 6.86. The number of nitrogens with zero attached hydrogens (tertiary/aromatic N) is 4. The average molecular weight is 371 g/mol. The lowest BCUT2D eigenvalue weighted by Crippen LogP contribution is -2.43. The van der Waals surface area contributed by atoms with Gasteiger partial charge in [-0.25, -0.2) is 0 Å². The molecule has 0 spiro atoms. The van der Waals surface area contributed by atoms with Crippen molar-refractivity contribution in [2.75, 3.05) is 19.6 Å². The van der Waals surface area contributed by atoms with E-state index in [9.17, 15) is 9.59 Å². The summed E-state index contributed by atoms with van der Waals surface area (Å²) in [5.74, 6) is 1.28. The van der Waals surface area contributed by atoms with Gasteiger partial charge in [-0.15, -0.1) is 0 Å². The number of rotatable bonds is 6. The number of aromatic nitrogens is 3. The van der Waals surface area contributed by atoms with Crippen LogP contribution in [0.25, 0.3) is 0 Å². The van der Waals surface area contributed by atoms with Gasteiger partial charge in [-0.2, -0.15) is 4.98 Å². The molecule has 27 heavy (non-hydrogen) atoms. The van der Waals surface area contributed by atoms with E-state index in [1.165, 1.54) is 0 Å². The number of likely N-dealkylation sites (tertiary alicyclic amines) is 1. The highest BCUT2D eigenvalue weighted by molar-refractivity contribution is 5.92. The molecule has 1 saturated heterocycles. The fourth-order valence-corrected chi connectivity index (χ4v) is 3.04. The summed E-state index contributed by atoms with van der Waals surface area (Å²) in [4.78, 5) is 34.9. The molecule has 144 valence electrons. The van der Waals surface area contributed by atoms with Crippen LogP contribution in [0.2, 0.25) is 0 Å². The van der Waals surface area contributed by atoms with Crippen molar-refractivity contribution in [2.45, 2.75) is 39.0 Å². The van der Waals surface area contributed by atoms with Crippen molar-refractivity contribution >= 4 is 11.8 Å². The molecule has 1 aliphatic heterocycles. The van der Waals surface area contributed by atoms with Crippen LogP contribution in [0, 0.1) is 5.92 Å². The Morgan fingerprint density at radius 1 is 1.30 bits per heavy atom. The molecule has 2 amide bonds. The van der Waals surface area contributed by atoms with Crippen molar-refractivity contribution in [3.05, 3.63) is 41.8 Å². The van der Waals surface area contributed by atoms with Crippen LogP contribution in [-0.2, 0) is 11.2 Å². The molecule has 0 aliphatic carbocycles. The van der Waals surface area contributed by atoms with E-state index in [0.29, 0.717) is 56.3 Å². The topological polar surface area (TPSA) is 101 Å². The maximum absolute atomic E-state index is 12.4. The summed E-state index contributed by atoms with van der Waals surface area (Å²) in [6.07, 6.45) is 3.47. The molecule has 1 fully saturated rings. The number of carbonyl (C=O) groups is 2. The number of amides is 2. The molecule has 3 heterocycles. The Morgan fingerprint density at radius 3 is 2.70 bits per heavy atom. The molecule has 8 nitrogen and oxygen atoms in total. The van der Waals surface area contributed by atoms with Crippen LogP contribution >= 0.6 is 0 Å². The summed E-state index contributed by atoms with van der Waals surface area (Å²) in [5.41, 5.74) is 0.446. The van der Waals surface area contributed by atoms with Gasteiger partial charge < -0.3 is 14.7 Å². The van der Waals surface area contributed by atoms with Crippen molar-refractivity contribution in [1.29, 1.82) is 0 Å². The molecule has 0 bridgehead atoms. The standard InChI is InChI=1S/C19H25N5O3/c1-13(2)18-22-16(23-27-18)6-10-21-17(25)14-7-11-24(12-8-14)19(26)15-5-3-4-9-20-15/h3-5,9,13-14H,6-8,10-12H2,1-2H3,(H,21,25). The Balaban J connectivity index is 1.41. The van der Waals surface area contributed by atoms with Gasteiger partial charge in [-0.05, 0) is 25.0 Å². The third-order valence-electron chi connectivity index (χ3n) is 4.66. The van der Waals surface area contributed by atoms with Crippen LogP contribution in [0.5, 0.6) is 0 Å². The number of nitrogens with one attached hydrogen (secondary N) is 1. The summed E-state index contributed by atoms with van der Waals surface area (Å²) >= 11 is 0. The number of pyridine rings is 1. The van der Waals surface area contributed by atoms with Crippen LogP contribution in [0.4, 0.5) is 0 Å². The van der Waals surface area contributed by atoms with Gasteiger partial charge >= 0.3 is 0 Å². The summed E-state index contributed by atoms with van der Waals surface area (Å²) in [6.45, 7) is 5.59. The van der Waals surface area contributed by atoms with Crippen molar-refractivity contribution < 1.29 is 14.1 Å². The molecular formula is C19H25N5O3. The Hall–Kier alpha value is -2.77. The van der Waals surface area contributed by atoms with Crippen molar-refractivity contribution in [3.63, 3.8) is 0 Å². The van der Waals surface area contributed by atoms with E-state index < -0.39 is 0 Å². The van der Waals surface area contributed by atoms with E-state index in [4.69, 9.17) is 4.52 Å². The maximum atomic E-state index is 12.4. The van der Waals surface area contributed by atoms with E-state index in [-0.39, 0.29) is 23.7 Å². The van der Waals surface area contributed by atoms with Gasteiger partial charge in [0.25, 0.3) is 5.91 Å². The third kappa shape index (κ3) is 4.90. The number of carbonyl (C=O) groups excluding carboxylic acids is 2. The largest absolute Gasteiger partial charge is 0.355 e. The van der Waals surface area contributed by atoms with Crippen LogP contribution in [0.1, 0.15) is 54.8 Å². The molecule has 2 aromatic rings. The monoisotopic (exact) mass is 371 g/mol. The summed E-state index contributed by atoms with van der Waals surface area (Å²) < 4.78 is 5.15. The highest BCUT2D eigenvalue weighted by atomic mass is 16.5. The van der Waals surface area contributed by atoms with E-state index >= 15 is 0 Å². The van der Waals surface area contributed by atoms with E-state index in [0.717, 1.165) is 0 Å². The first-order valence-electron chi connectivity index (χ1n) is 9.35. The summed E-state index contributed by atoms with van der Waals surface area (Å²) in [7, 11) is 0. The van der Waals surface area contributed by atoms with Crippen molar-refractivity contribution in [1.82, 2.24) is 25.3 Å². The normalized spacial score (nSPS) is 15.1. The predicted octanol–water partition coefficient (Wildman–Crippen LogP) is 1.80. The fraction of sp³-hybridized carbons (Fsp3) is 0.526. The number of piperidine rings is 1. The van der Waals surface area contributed by atoms with E-state index in [1.54, 1.807) is 29.3 Å². The third-order valence-corrected chi connectivity index (χ3v) is 4.66. The minimum absolute atomic E-state index is 0.0208. The van der Waals surface area contributed by atoms with Gasteiger partial charge in [0.1, 0.15) is 5.69 Å². The van der Waals surface area contributed by atoms with E-state index in [1.807, 2.05) is 13.8 Å². The molecule has 2 aromatic heterocycles. The zero-order valence-corrected chi connectivity index (χ0v) is 15.7. The molecule has 0 aromatic carbocycles. The van der Waals surface area contributed by atoms with Gasteiger partial charge in [0.05, 0.1) is 0 Å². The lowest BCUT2D eigenvalue weighted by Gasteiger charge is -2.31. The molecule has 0 radical (unpaired) electrons. The van der Waals surface area contributed by atoms with Crippen LogP contribution in [0.15, 0.2) is 28.9 Å². The molecule has 0 unspecified atom stereocenters. The lowest BCUT2D eigenvalue weighted by molar-refractivity contribution is -0.126. The number of hydrogen-bond acceptors (Lipinski definition) is 6. The first kappa shape index (κ1) is 19.0. The second kappa shape index (κ2) is 8.75. The van der Waals surface area contributed by atoms with Crippen LogP contribution in [0.3, 0.4) is 0 Å². The predicted molar refractivity (Wildman–Crippen MR) is 98.0 cm³/mol. The van der Waals surface area contributed by atoms with Crippen LogP contribution < -0.4 is 5.32 Å². The smallest absolute Gasteiger partial charge is 0.272 e. The highest BCUT2D eigenvalue weighted by Gasteiger charge is 2.28. The van der Waals surface area contributed by atoms with Gasteiger partial charge in [-0.3, -0.25) is 14.6 Å². The summed E-state index contributed by atoms with van der Waals surface area (Å²) in [6, 6.07) is 5.30. The highest BCUT2D eigenvalue weighted by Crippen LogP contribution is 2.19. The van der Waals surface area contributed by atoms with E-state index in [2.05, 4.69) is 20.4 Å². The first-order chi connectivity index (χ1) is 13.0. The second-order valence-electron chi connectivity index (χ2n) is 7.03. The first-order valence-corrected chi connectivity index (χ1v) is 9.35. The second-order valence-corrected chi connectivity index (χ2v) is 7.03. The minimum Gasteiger partial charge on any atom is -0.355 e. The van der Waals surface area contributed by atoms with Crippen molar-refractivity contribution in [3.8, 4) is 0 Å². The van der Waals surface area contributed by atoms with Crippen molar-refractivity contribution in [2.24, 2.45) is 5.92 Å². The number of hydrogen-bond donors (Lipinski definition) is 1. The SMILES string of the molecule is CC(C)c1nc(CCNC(=O)C2CCN(C(=O)c3ccccn3)CC2)no1. The zero-order chi connectivity index (χ0) is 19.2. The molecule has 0 saturated carbocycles. The Labute approximate surface area is 158 Å². The maximum Gasteiger partial charge on any atom is 0.272 e. The van der Waals surface area contributed by atoms with Gasteiger partial charge in [0.2, 0.25) is 11.8 Å². The molecular weight excluding hydrogens is 346 g/mol. The Kier molecular flexibility index (Phi) is 6.16. The van der Waals surface area contributed by atoms with Gasteiger partial charge in [-0.1, -0.05) is 25.1 Å². The Morgan fingerprint density at radius 2 is 2.07 bits per heavy atom. The minimum atomic E-state index is -0.0764. The zero-order valence-electron chi connectivity index (χ0n) is 15.7. The van der Waals surface area contributed by atoms with Gasteiger partial charge in [0, 0.05) is 44.1 Å². The molecule has 8 heteroatoms. The molecule has 1 aliphatic rings. The van der Waals surface area contributed by atoms with Crippen LogP contribution in [-0.4, -0.2) is 51.5 Å². The fourth-order valence-electron chi connectivity index (χ4n) is 3.04. The lowest BCUT2D eigenvalue weighted by atomic mass is 9.95. The van der Waals surface area contributed by atoms with Gasteiger partial charge in [0.15, 0.2) is 5.82 Å². The molecule has 0 atom stereocenters.